The Morgan fingerprint density at radius 1 is 1.57 bits per heavy atom. The molecular formula is C9H12N4O. The van der Waals surface area contributed by atoms with Gasteiger partial charge in [0.2, 0.25) is 0 Å². The highest BCUT2D eigenvalue weighted by atomic mass is 16.2. The van der Waals surface area contributed by atoms with Crippen LogP contribution in [-0.2, 0) is 0 Å². The summed E-state index contributed by atoms with van der Waals surface area (Å²) in [6.45, 7) is 7.75. The SMILES string of the molecule is C=C1c2[nH]cnc2NC(=O)N1C(C)C. The Labute approximate surface area is 81.8 Å². The molecule has 0 saturated carbocycles. The van der Waals surface area contributed by atoms with Crippen molar-refractivity contribution in [3.63, 3.8) is 0 Å². The smallest absolute Gasteiger partial charge is 0.327 e. The van der Waals surface area contributed by atoms with Crippen molar-refractivity contribution in [2.24, 2.45) is 0 Å². The second-order valence-electron chi connectivity index (χ2n) is 3.47. The normalized spacial score (nSPS) is 15.8. The number of imidazole rings is 1. The predicted molar refractivity (Wildman–Crippen MR) is 53.6 cm³/mol. The summed E-state index contributed by atoms with van der Waals surface area (Å²) in [6.07, 6.45) is 1.54. The number of carbonyl (C=O) groups excluding carboxylic acids is 1. The molecule has 5 heteroatoms. The van der Waals surface area contributed by atoms with Gasteiger partial charge in [-0.3, -0.25) is 10.2 Å². The molecule has 2 rings (SSSR count). The highest BCUT2D eigenvalue weighted by Crippen LogP contribution is 2.28. The zero-order valence-electron chi connectivity index (χ0n) is 8.16. The minimum Gasteiger partial charge on any atom is -0.342 e. The number of H-pyrrole nitrogens is 1. The van der Waals surface area contributed by atoms with Gasteiger partial charge in [-0.1, -0.05) is 6.58 Å². The summed E-state index contributed by atoms with van der Waals surface area (Å²) >= 11 is 0. The molecule has 2 N–H and O–H groups in total. The number of urea groups is 1. The van der Waals surface area contributed by atoms with Gasteiger partial charge in [-0.15, -0.1) is 0 Å². The van der Waals surface area contributed by atoms with Crippen LogP contribution in [0.25, 0.3) is 5.70 Å². The summed E-state index contributed by atoms with van der Waals surface area (Å²) < 4.78 is 0. The summed E-state index contributed by atoms with van der Waals surface area (Å²) in [5.74, 6) is 0.553. The van der Waals surface area contributed by atoms with Crippen LogP contribution >= 0.6 is 0 Å². The van der Waals surface area contributed by atoms with Crippen LogP contribution < -0.4 is 5.32 Å². The minimum absolute atomic E-state index is 0.0824. The Bertz CT molecular complexity index is 393. The number of amides is 2. The van der Waals surface area contributed by atoms with Gasteiger partial charge >= 0.3 is 6.03 Å². The first-order chi connectivity index (χ1) is 6.61. The second kappa shape index (κ2) is 2.87. The third kappa shape index (κ3) is 1.09. The van der Waals surface area contributed by atoms with E-state index in [9.17, 15) is 4.79 Å². The van der Waals surface area contributed by atoms with Gasteiger partial charge in [0.15, 0.2) is 5.82 Å². The van der Waals surface area contributed by atoms with E-state index >= 15 is 0 Å². The molecule has 0 fully saturated rings. The van der Waals surface area contributed by atoms with Gasteiger partial charge in [0.1, 0.15) is 5.69 Å². The van der Waals surface area contributed by atoms with Crippen molar-refractivity contribution >= 4 is 17.5 Å². The molecule has 74 valence electrons. The molecule has 0 spiro atoms. The Hall–Kier alpha value is -1.78. The van der Waals surface area contributed by atoms with Gasteiger partial charge < -0.3 is 4.98 Å². The van der Waals surface area contributed by atoms with E-state index in [1.165, 1.54) is 0 Å². The molecular weight excluding hydrogens is 180 g/mol. The van der Waals surface area contributed by atoms with Crippen LogP contribution in [0.4, 0.5) is 10.6 Å². The van der Waals surface area contributed by atoms with E-state index in [0.29, 0.717) is 11.5 Å². The lowest BCUT2D eigenvalue weighted by Gasteiger charge is -2.31. The molecule has 0 unspecified atom stereocenters. The van der Waals surface area contributed by atoms with Crippen LogP contribution in [0, 0.1) is 0 Å². The third-order valence-electron chi connectivity index (χ3n) is 2.18. The largest absolute Gasteiger partial charge is 0.342 e. The molecule has 2 amide bonds. The molecule has 0 atom stereocenters. The van der Waals surface area contributed by atoms with Crippen LogP contribution in [0.3, 0.4) is 0 Å². The molecule has 0 aliphatic carbocycles. The number of fused-ring (bicyclic) bond motifs is 1. The monoisotopic (exact) mass is 192 g/mol. The van der Waals surface area contributed by atoms with E-state index in [1.54, 1.807) is 11.2 Å². The highest BCUT2D eigenvalue weighted by molar-refractivity contribution is 6.00. The molecule has 1 aliphatic heterocycles. The van der Waals surface area contributed by atoms with E-state index < -0.39 is 0 Å². The van der Waals surface area contributed by atoms with E-state index in [-0.39, 0.29) is 12.1 Å². The number of nitrogens with one attached hydrogen (secondary N) is 2. The van der Waals surface area contributed by atoms with E-state index in [0.717, 1.165) is 5.69 Å². The van der Waals surface area contributed by atoms with Gasteiger partial charge in [0.05, 0.1) is 12.0 Å². The maximum Gasteiger partial charge on any atom is 0.327 e. The average Bonchev–Trinajstić information content (AvgIpc) is 2.50. The van der Waals surface area contributed by atoms with Gasteiger partial charge in [0.25, 0.3) is 0 Å². The molecule has 2 heterocycles. The van der Waals surface area contributed by atoms with Crippen molar-refractivity contribution in [1.29, 1.82) is 0 Å². The van der Waals surface area contributed by atoms with Gasteiger partial charge in [-0.05, 0) is 13.8 Å². The van der Waals surface area contributed by atoms with E-state index in [1.807, 2.05) is 13.8 Å². The molecule has 1 aromatic heterocycles. The van der Waals surface area contributed by atoms with Gasteiger partial charge in [-0.2, -0.15) is 0 Å². The fourth-order valence-electron chi connectivity index (χ4n) is 1.56. The van der Waals surface area contributed by atoms with Crippen molar-refractivity contribution in [1.82, 2.24) is 14.9 Å². The third-order valence-corrected chi connectivity index (χ3v) is 2.18. The first kappa shape index (κ1) is 8.80. The molecule has 5 nitrogen and oxygen atoms in total. The fourth-order valence-corrected chi connectivity index (χ4v) is 1.56. The Morgan fingerprint density at radius 3 is 2.93 bits per heavy atom. The summed E-state index contributed by atoms with van der Waals surface area (Å²) in [5, 5.41) is 2.69. The average molecular weight is 192 g/mol. The van der Waals surface area contributed by atoms with Crippen LogP contribution in [0.1, 0.15) is 19.5 Å². The molecule has 1 aliphatic rings. The number of rotatable bonds is 1. The predicted octanol–water partition coefficient (Wildman–Crippen LogP) is 1.64. The topological polar surface area (TPSA) is 61.0 Å². The fraction of sp³-hybridized carbons (Fsp3) is 0.333. The zero-order valence-corrected chi connectivity index (χ0v) is 8.16. The van der Waals surface area contributed by atoms with Crippen molar-refractivity contribution in [2.75, 3.05) is 5.32 Å². The van der Waals surface area contributed by atoms with Crippen molar-refractivity contribution in [3.05, 3.63) is 18.6 Å². The number of aromatic nitrogens is 2. The first-order valence-electron chi connectivity index (χ1n) is 4.44. The summed E-state index contributed by atoms with van der Waals surface area (Å²) in [5.41, 5.74) is 1.44. The summed E-state index contributed by atoms with van der Waals surface area (Å²) in [6, 6.07) is -0.0939. The standard InChI is InChI=1S/C9H12N4O/c1-5(2)13-6(3)7-8(11-4-10-7)12-9(13)14/h4-5H,3H2,1-2H3,(H,10,11)(H,12,14). The van der Waals surface area contributed by atoms with Crippen molar-refractivity contribution < 1.29 is 4.79 Å². The maximum absolute atomic E-state index is 11.6. The van der Waals surface area contributed by atoms with Crippen molar-refractivity contribution in [2.45, 2.75) is 19.9 Å². The molecule has 14 heavy (non-hydrogen) atoms. The summed E-state index contributed by atoms with van der Waals surface area (Å²) in [4.78, 5) is 20.1. The van der Waals surface area contributed by atoms with Crippen molar-refractivity contribution in [3.8, 4) is 0 Å². The maximum atomic E-state index is 11.6. The minimum atomic E-state index is -0.176. The number of hydrogen-bond donors (Lipinski definition) is 2. The van der Waals surface area contributed by atoms with Gasteiger partial charge in [0, 0.05) is 6.04 Å². The van der Waals surface area contributed by atoms with E-state index in [4.69, 9.17) is 0 Å². The van der Waals surface area contributed by atoms with Gasteiger partial charge in [-0.25, -0.2) is 9.78 Å². The van der Waals surface area contributed by atoms with Crippen LogP contribution in [-0.4, -0.2) is 26.9 Å². The number of aromatic amines is 1. The summed E-state index contributed by atoms with van der Waals surface area (Å²) in [7, 11) is 0. The lowest BCUT2D eigenvalue weighted by Crippen LogP contribution is -2.41. The molecule has 0 aromatic carbocycles. The molecule has 0 saturated heterocycles. The number of nitrogens with zero attached hydrogens (tertiary/aromatic N) is 2. The molecule has 0 radical (unpaired) electrons. The quantitative estimate of drug-likeness (QED) is 0.710. The molecule has 0 bridgehead atoms. The van der Waals surface area contributed by atoms with Crippen LogP contribution in [0.2, 0.25) is 0 Å². The highest BCUT2D eigenvalue weighted by Gasteiger charge is 2.29. The zero-order chi connectivity index (χ0) is 10.3. The second-order valence-corrected chi connectivity index (χ2v) is 3.47. The Morgan fingerprint density at radius 2 is 2.29 bits per heavy atom. The van der Waals surface area contributed by atoms with Crippen LogP contribution in [0.15, 0.2) is 12.9 Å². The lowest BCUT2D eigenvalue weighted by molar-refractivity contribution is 0.222. The number of anilines is 1. The Kier molecular flexibility index (Phi) is 1.80. The Balaban J connectivity index is 2.44. The van der Waals surface area contributed by atoms with E-state index in [2.05, 4.69) is 21.9 Å². The lowest BCUT2D eigenvalue weighted by atomic mass is 10.2. The molecule has 1 aromatic rings. The van der Waals surface area contributed by atoms with Crippen LogP contribution in [0.5, 0.6) is 0 Å². The number of hydrogen-bond acceptors (Lipinski definition) is 2. The first-order valence-corrected chi connectivity index (χ1v) is 4.44. The number of carbonyl (C=O) groups is 1.